The van der Waals surface area contributed by atoms with Crippen molar-refractivity contribution in [3.63, 3.8) is 0 Å². The molecule has 0 aliphatic heterocycles. The molecule has 3 aromatic heterocycles. The number of fused-ring (bicyclic) bond motifs is 1. The van der Waals surface area contributed by atoms with Gasteiger partial charge < -0.3 is 5.32 Å². The van der Waals surface area contributed by atoms with Crippen molar-refractivity contribution in [1.29, 1.82) is 0 Å². The molecule has 3 rings (SSSR count). The first kappa shape index (κ1) is 12.8. The van der Waals surface area contributed by atoms with Gasteiger partial charge in [-0.1, -0.05) is 0 Å². The second-order valence-corrected chi connectivity index (χ2v) is 5.17. The zero-order valence-corrected chi connectivity index (χ0v) is 11.7. The molecule has 0 aromatic carbocycles. The van der Waals surface area contributed by atoms with Crippen LogP contribution in [0.1, 0.15) is 10.7 Å². The molecular formula is C11H14N8S. The van der Waals surface area contributed by atoms with Gasteiger partial charge in [-0.25, -0.2) is 10.8 Å². The standard InChI is InChI=1S/C11H14N8S/c1-6-5-20-8(15-6)2-3-13-9-7-4-14-19-10(7)17-11(16-9)18-12/h4-5H,2-3,12H2,1H3,(H3,13,14,16,17,18,19). The number of thiazole rings is 1. The fraction of sp³-hybridized carbons (Fsp3) is 0.273. The number of nitrogen functional groups attached to an aromatic ring is 1. The van der Waals surface area contributed by atoms with Crippen LogP contribution in [0.5, 0.6) is 0 Å². The van der Waals surface area contributed by atoms with E-state index in [1.807, 2.05) is 12.3 Å². The maximum Gasteiger partial charge on any atom is 0.241 e. The topological polar surface area (TPSA) is 117 Å². The highest BCUT2D eigenvalue weighted by atomic mass is 32.1. The fourth-order valence-electron chi connectivity index (χ4n) is 1.84. The second kappa shape index (κ2) is 5.39. The van der Waals surface area contributed by atoms with Crippen LogP contribution >= 0.6 is 11.3 Å². The molecule has 0 radical (unpaired) electrons. The molecular weight excluding hydrogens is 276 g/mol. The van der Waals surface area contributed by atoms with Crippen molar-refractivity contribution in [2.24, 2.45) is 5.84 Å². The van der Waals surface area contributed by atoms with Gasteiger partial charge in [0.25, 0.3) is 0 Å². The highest BCUT2D eigenvalue weighted by Gasteiger charge is 2.08. The van der Waals surface area contributed by atoms with E-state index >= 15 is 0 Å². The molecule has 9 heteroatoms. The molecule has 0 aliphatic carbocycles. The number of H-pyrrole nitrogens is 1. The van der Waals surface area contributed by atoms with Gasteiger partial charge in [0.15, 0.2) is 5.65 Å². The molecule has 0 atom stereocenters. The number of aromatic amines is 1. The maximum absolute atomic E-state index is 5.36. The molecule has 5 N–H and O–H groups in total. The number of nitrogens with one attached hydrogen (secondary N) is 3. The predicted molar refractivity (Wildman–Crippen MR) is 78.5 cm³/mol. The minimum atomic E-state index is 0.342. The SMILES string of the molecule is Cc1csc(CCNc2nc(NN)nc3[nH]ncc23)n1. The third-order valence-electron chi connectivity index (χ3n) is 2.74. The Morgan fingerprint density at radius 1 is 1.35 bits per heavy atom. The molecule has 0 amide bonds. The van der Waals surface area contributed by atoms with Crippen molar-refractivity contribution in [2.45, 2.75) is 13.3 Å². The summed E-state index contributed by atoms with van der Waals surface area (Å²) in [7, 11) is 0. The van der Waals surface area contributed by atoms with Gasteiger partial charge in [0.2, 0.25) is 5.95 Å². The van der Waals surface area contributed by atoms with Crippen molar-refractivity contribution in [1.82, 2.24) is 25.1 Å². The van der Waals surface area contributed by atoms with Gasteiger partial charge in [-0.2, -0.15) is 15.1 Å². The molecule has 104 valence electrons. The first-order valence-electron chi connectivity index (χ1n) is 6.09. The number of rotatable bonds is 5. The molecule has 0 aliphatic rings. The minimum absolute atomic E-state index is 0.342. The number of hydrazine groups is 1. The van der Waals surface area contributed by atoms with Gasteiger partial charge in [0.05, 0.1) is 16.6 Å². The minimum Gasteiger partial charge on any atom is -0.369 e. The van der Waals surface area contributed by atoms with E-state index in [1.54, 1.807) is 17.5 Å². The maximum atomic E-state index is 5.36. The number of hydrogen-bond acceptors (Lipinski definition) is 8. The lowest BCUT2D eigenvalue weighted by atomic mass is 10.3. The fourth-order valence-corrected chi connectivity index (χ4v) is 2.62. The summed E-state index contributed by atoms with van der Waals surface area (Å²) in [6.45, 7) is 2.72. The monoisotopic (exact) mass is 290 g/mol. The molecule has 0 fully saturated rings. The lowest BCUT2D eigenvalue weighted by molar-refractivity contribution is 0.977. The third-order valence-corrected chi connectivity index (χ3v) is 3.76. The van der Waals surface area contributed by atoms with Gasteiger partial charge in [0, 0.05) is 24.0 Å². The first-order valence-corrected chi connectivity index (χ1v) is 6.97. The largest absolute Gasteiger partial charge is 0.369 e. The van der Waals surface area contributed by atoms with Gasteiger partial charge >= 0.3 is 0 Å². The summed E-state index contributed by atoms with van der Waals surface area (Å²) in [5.41, 5.74) is 4.13. The Morgan fingerprint density at radius 2 is 2.25 bits per heavy atom. The molecule has 0 saturated carbocycles. The molecule has 0 spiro atoms. The number of aryl methyl sites for hydroxylation is 1. The third kappa shape index (κ3) is 2.53. The van der Waals surface area contributed by atoms with E-state index in [-0.39, 0.29) is 0 Å². The Hall–Kier alpha value is -2.26. The van der Waals surface area contributed by atoms with E-state index in [0.29, 0.717) is 17.4 Å². The van der Waals surface area contributed by atoms with Crippen LogP contribution < -0.4 is 16.6 Å². The summed E-state index contributed by atoms with van der Waals surface area (Å²) in [6.07, 6.45) is 2.53. The van der Waals surface area contributed by atoms with Crippen LogP contribution in [-0.2, 0) is 6.42 Å². The first-order chi connectivity index (χ1) is 9.76. The number of anilines is 2. The summed E-state index contributed by atoms with van der Waals surface area (Å²) in [4.78, 5) is 12.9. The number of hydrogen-bond donors (Lipinski definition) is 4. The van der Waals surface area contributed by atoms with Gasteiger partial charge in [-0.15, -0.1) is 11.3 Å². The Kier molecular flexibility index (Phi) is 3.44. The van der Waals surface area contributed by atoms with E-state index < -0.39 is 0 Å². The van der Waals surface area contributed by atoms with Gasteiger partial charge in [-0.05, 0) is 6.92 Å². The van der Waals surface area contributed by atoms with E-state index in [0.717, 1.165) is 29.1 Å². The Bertz CT molecular complexity index is 718. The lowest BCUT2D eigenvalue weighted by Crippen LogP contribution is -2.13. The summed E-state index contributed by atoms with van der Waals surface area (Å²) in [5.74, 6) is 6.40. The quantitative estimate of drug-likeness (QED) is 0.410. The summed E-state index contributed by atoms with van der Waals surface area (Å²) < 4.78 is 0. The van der Waals surface area contributed by atoms with E-state index in [1.165, 1.54) is 0 Å². The van der Waals surface area contributed by atoms with Crippen LogP contribution in [0.2, 0.25) is 0 Å². The predicted octanol–water partition coefficient (Wildman–Crippen LogP) is 1.06. The Labute approximate surface area is 118 Å². The van der Waals surface area contributed by atoms with Crippen LogP contribution in [0.15, 0.2) is 11.6 Å². The number of nitrogens with zero attached hydrogens (tertiary/aromatic N) is 4. The highest BCUT2D eigenvalue weighted by Crippen LogP contribution is 2.19. The van der Waals surface area contributed by atoms with Crippen molar-refractivity contribution in [3.8, 4) is 0 Å². The molecule has 0 saturated heterocycles. The van der Waals surface area contributed by atoms with E-state index in [2.05, 4.69) is 35.9 Å². The molecule has 0 bridgehead atoms. The van der Waals surface area contributed by atoms with Crippen LogP contribution in [0.4, 0.5) is 11.8 Å². The van der Waals surface area contributed by atoms with Crippen LogP contribution in [0.25, 0.3) is 11.0 Å². The average molecular weight is 290 g/mol. The lowest BCUT2D eigenvalue weighted by Gasteiger charge is -2.07. The van der Waals surface area contributed by atoms with Crippen LogP contribution in [0.3, 0.4) is 0 Å². The number of nitrogens with two attached hydrogens (primary N) is 1. The molecule has 8 nitrogen and oxygen atoms in total. The molecule has 20 heavy (non-hydrogen) atoms. The number of aromatic nitrogens is 5. The summed E-state index contributed by atoms with van der Waals surface area (Å²) in [6, 6.07) is 0. The van der Waals surface area contributed by atoms with Crippen molar-refractivity contribution in [2.75, 3.05) is 17.3 Å². The highest BCUT2D eigenvalue weighted by molar-refractivity contribution is 7.09. The normalized spacial score (nSPS) is 10.9. The van der Waals surface area contributed by atoms with E-state index in [9.17, 15) is 0 Å². The van der Waals surface area contributed by atoms with Crippen molar-refractivity contribution < 1.29 is 0 Å². The van der Waals surface area contributed by atoms with E-state index in [4.69, 9.17) is 5.84 Å². The van der Waals surface area contributed by atoms with Crippen LogP contribution in [-0.4, -0.2) is 31.7 Å². The van der Waals surface area contributed by atoms with Crippen LogP contribution in [0, 0.1) is 6.92 Å². The zero-order chi connectivity index (χ0) is 13.9. The Morgan fingerprint density at radius 3 is 3.00 bits per heavy atom. The summed E-state index contributed by atoms with van der Waals surface area (Å²) in [5, 5.41) is 14.0. The molecule has 3 heterocycles. The zero-order valence-electron chi connectivity index (χ0n) is 10.8. The summed E-state index contributed by atoms with van der Waals surface area (Å²) >= 11 is 1.66. The molecule has 0 unspecified atom stereocenters. The Balaban J connectivity index is 1.74. The average Bonchev–Trinajstić information content (AvgIpc) is 3.07. The van der Waals surface area contributed by atoms with Gasteiger partial charge in [-0.3, -0.25) is 10.5 Å². The van der Waals surface area contributed by atoms with Crippen molar-refractivity contribution >= 4 is 34.1 Å². The van der Waals surface area contributed by atoms with Crippen molar-refractivity contribution in [3.05, 3.63) is 22.3 Å². The van der Waals surface area contributed by atoms with Gasteiger partial charge in [0.1, 0.15) is 5.82 Å². The smallest absolute Gasteiger partial charge is 0.241 e. The second-order valence-electron chi connectivity index (χ2n) is 4.23. The molecule has 3 aromatic rings.